The van der Waals surface area contributed by atoms with E-state index in [0.29, 0.717) is 10.7 Å². The number of methoxy groups -OCH3 is 1. The lowest BCUT2D eigenvalue weighted by molar-refractivity contribution is 0.102. The summed E-state index contributed by atoms with van der Waals surface area (Å²) >= 11 is 5.87. The van der Waals surface area contributed by atoms with Gasteiger partial charge in [0.25, 0.3) is 11.5 Å². The summed E-state index contributed by atoms with van der Waals surface area (Å²) in [5, 5.41) is 3.33. The molecule has 1 amide bonds. The minimum atomic E-state index is -0.436. The SMILES string of the molecule is COc1ccc2c(c1)CCC2n1cccc(C(=O)Nc2ccc(Cl)cc2)c1=O. The number of aryl methyl sites for hydroxylation is 1. The predicted octanol–water partition coefficient (Wildman–Crippen LogP) is 4.30. The number of ether oxygens (including phenoxy) is 1. The molecule has 1 N–H and O–H groups in total. The molecule has 0 spiro atoms. The largest absolute Gasteiger partial charge is 0.497 e. The molecule has 1 atom stereocenters. The molecule has 0 fully saturated rings. The summed E-state index contributed by atoms with van der Waals surface area (Å²) in [4.78, 5) is 25.7. The van der Waals surface area contributed by atoms with Crippen LogP contribution in [0.3, 0.4) is 0 Å². The Balaban J connectivity index is 1.64. The summed E-state index contributed by atoms with van der Waals surface area (Å²) in [6, 6.07) is 15.9. The second kappa shape index (κ2) is 7.52. The van der Waals surface area contributed by atoms with Crippen LogP contribution in [0.5, 0.6) is 5.75 Å². The van der Waals surface area contributed by atoms with Gasteiger partial charge in [0.15, 0.2) is 0 Å². The number of aromatic nitrogens is 1. The van der Waals surface area contributed by atoms with Crippen molar-refractivity contribution in [2.45, 2.75) is 18.9 Å². The first-order valence-electron chi connectivity index (χ1n) is 9.01. The monoisotopic (exact) mass is 394 g/mol. The van der Waals surface area contributed by atoms with Crippen LogP contribution < -0.4 is 15.6 Å². The average molecular weight is 395 g/mol. The molecule has 142 valence electrons. The van der Waals surface area contributed by atoms with Crippen LogP contribution in [0, 0.1) is 0 Å². The van der Waals surface area contributed by atoms with Crippen LogP contribution in [0.2, 0.25) is 5.02 Å². The van der Waals surface area contributed by atoms with Crippen LogP contribution in [0.15, 0.2) is 65.6 Å². The van der Waals surface area contributed by atoms with Crippen molar-refractivity contribution in [3.05, 3.63) is 92.9 Å². The van der Waals surface area contributed by atoms with Crippen molar-refractivity contribution < 1.29 is 9.53 Å². The minimum absolute atomic E-state index is 0.0864. The normalized spacial score (nSPS) is 15.1. The topological polar surface area (TPSA) is 60.3 Å². The van der Waals surface area contributed by atoms with Gasteiger partial charge in [0.1, 0.15) is 11.3 Å². The molecule has 1 unspecified atom stereocenters. The van der Waals surface area contributed by atoms with Gasteiger partial charge >= 0.3 is 0 Å². The van der Waals surface area contributed by atoms with Crippen molar-refractivity contribution in [2.75, 3.05) is 12.4 Å². The van der Waals surface area contributed by atoms with Crippen molar-refractivity contribution in [1.82, 2.24) is 4.57 Å². The molecule has 3 aromatic rings. The van der Waals surface area contributed by atoms with Gasteiger partial charge in [-0.2, -0.15) is 0 Å². The number of carbonyl (C=O) groups is 1. The van der Waals surface area contributed by atoms with Gasteiger partial charge in [-0.15, -0.1) is 0 Å². The maximum absolute atomic E-state index is 13.0. The van der Waals surface area contributed by atoms with Gasteiger partial charge in [-0.1, -0.05) is 17.7 Å². The molecular weight excluding hydrogens is 376 g/mol. The van der Waals surface area contributed by atoms with E-state index in [1.54, 1.807) is 54.3 Å². The zero-order valence-corrected chi connectivity index (χ0v) is 16.1. The lowest BCUT2D eigenvalue weighted by Gasteiger charge is -2.17. The van der Waals surface area contributed by atoms with Crippen molar-refractivity contribution >= 4 is 23.2 Å². The van der Waals surface area contributed by atoms with Gasteiger partial charge in [0.05, 0.1) is 13.2 Å². The van der Waals surface area contributed by atoms with Crippen molar-refractivity contribution in [1.29, 1.82) is 0 Å². The summed E-state index contributed by atoms with van der Waals surface area (Å²) in [7, 11) is 1.64. The number of rotatable bonds is 4. The van der Waals surface area contributed by atoms with Crippen LogP contribution in [-0.2, 0) is 6.42 Å². The molecule has 0 saturated carbocycles. The van der Waals surface area contributed by atoms with E-state index < -0.39 is 5.91 Å². The van der Waals surface area contributed by atoms with Gasteiger partial charge in [0.2, 0.25) is 0 Å². The highest BCUT2D eigenvalue weighted by atomic mass is 35.5. The average Bonchev–Trinajstić information content (AvgIpc) is 3.12. The number of fused-ring (bicyclic) bond motifs is 1. The molecular formula is C22H19ClN2O3. The molecule has 0 bridgehead atoms. The third-order valence-corrected chi connectivity index (χ3v) is 5.31. The number of pyridine rings is 1. The first-order valence-corrected chi connectivity index (χ1v) is 9.39. The molecule has 0 saturated heterocycles. The second-order valence-electron chi connectivity index (χ2n) is 6.71. The van der Waals surface area contributed by atoms with Gasteiger partial charge in [0, 0.05) is 16.9 Å². The first-order chi connectivity index (χ1) is 13.6. The van der Waals surface area contributed by atoms with Crippen molar-refractivity contribution in [3.8, 4) is 5.75 Å². The highest BCUT2D eigenvalue weighted by molar-refractivity contribution is 6.30. The number of carbonyl (C=O) groups excluding carboxylic acids is 1. The van der Waals surface area contributed by atoms with E-state index in [2.05, 4.69) is 5.32 Å². The Bertz CT molecular complexity index is 1090. The maximum atomic E-state index is 13.0. The smallest absolute Gasteiger partial charge is 0.263 e. The van der Waals surface area contributed by atoms with Gasteiger partial charge in [-0.3, -0.25) is 9.59 Å². The Hall–Kier alpha value is -3.05. The number of halogens is 1. The number of hydrogen-bond acceptors (Lipinski definition) is 3. The molecule has 1 heterocycles. The molecule has 5 nitrogen and oxygen atoms in total. The number of hydrogen-bond donors (Lipinski definition) is 1. The molecule has 28 heavy (non-hydrogen) atoms. The first kappa shape index (κ1) is 18.3. The van der Waals surface area contributed by atoms with E-state index >= 15 is 0 Å². The van der Waals surface area contributed by atoms with E-state index in [0.717, 1.165) is 24.2 Å². The minimum Gasteiger partial charge on any atom is -0.497 e. The van der Waals surface area contributed by atoms with Crippen LogP contribution >= 0.6 is 11.6 Å². The van der Waals surface area contributed by atoms with Crippen molar-refractivity contribution in [2.24, 2.45) is 0 Å². The van der Waals surface area contributed by atoms with E-state index in [1.807, 2.05) is 18.2 Å². The molecule has 6 heteroatoms. The molecule has 1 aromatic heterocycles. The number of anilines is 1. The lowest BCUT2D eigenvalue weighted by Crippen LogP contribution is -2.30. The van der Waals surface area contributed by atoms with E-state index in [1.165, 1.54) is 5.56 Å². The highest BCUT2D eigenvalue weighted by Crippen LogP contribution is 2.35. The van der Waals surface area contributed by atoms with E-state index in [9.17, 15) is 9.59 Å². The fourth-order valence-corrected chi connectivity index (χ4v) is 3.77. The maximum Gasteiger partial charge on any atom is 0.263 e. The van der Waals surface area contributed by atoms with Crippen molar-refractivity contribution in [3.63, 3.8) is 0 Å². The molecule has 0 aliphatic heterocycles. The summed E-state index contributed by atoms with van der Waals surface area (Å²) in [5.74, 6) is 0.373. The van der Waals surface area contributed by atoms with Crippen LogP contribution in [-0.4, -0.2) is 17.6 Å². The van der Waals surface area contributed by atoms with Gasteiger partial charge in [-0.05, 0) is 72.5 Å². The molecule has 4 rings (SSSR count). The third-order valence-electron chi connectivity index (χ3n) is 5.05. The number of amides is 1. The Kier molecular flexibility index (Phi) is 4.92. The number of nitrogens with zero attached hydrogens (tertiary/aromatic N) is 1. The Labute approximate surface area is 167 Å². The third kappa shape index (κ3) is 3.41. The lowest BCUT2D eigenvalue weighted by atomic mass is 10.1. The zero-order valence-electron chi connectivity index (χ0n) is 15.3. The predicted molar refractivity (Wildman–Crippen MR) is 110 cm³/mol. The Morgan fingerprint density at radius 1 is 1.18 bits per heavy atom. The van der Waals surface area contributed by atoms with Crippen LogP contribution in [0.1, 0.15) is 33.9 Å². The highest BCUT2D eigenvalue weighted by Gasteiger charge is 2.26. The Morgan fingerprint density at radius 3 is 2.71 bits per heavy atom. The van der Waals surface area contributed by atoms with E-state index in [-0.39, 0.29) is 17.2 Å². The molecule has 1 aliphatic carbocycles. The number of benzene rings is 2. The summed E-state index contributed by atoms with van der Waals surface area (Å²) < 4.78 is 6.94. The molecule has 1 aliphatic rings. The fourth-order valence-electron chi connectivity index (χ4n) is 3.65. The Morgan fingerprint density at radius 2 is 1.96 bits per heavy atom. The zero-order chi connectivity index (χ0) is 19.7. The molecule has 0 radical (unpaired) electrons. The van der Waals surface area contributed by atoms with Gasteiger partial charge in [-0.25, -0.2) is 0 Å². The fraction of sp³-hybridized carbons (Fsp3) is 0.182. The quantitative estimate of drug-likeness (QED) is 0.717. The number of nitrogens with one attached hydrogen (secondary N) is 1. The summed E-state index contributed by atoms with van der Waals surface area (Å²) in [6.07, 6.45) is 3.42. The molecule has 2 aromatic carbocycles. The van der Waals surface area contributed by atoms with Crippen LogP contribution in [0.4, 0.5) is 5.69 Å². The standard InChI is InChI=1S/C22H19ClN2O3/c1-28-17-9-10-18-14(13-17)4-11-20(18)25-12-2-3-19(22(25)27)21(26)24-16-7-5-15(23)6-8-16/h2-3,5-10,12-13,20H,4,11H2,1H3,(H,24,26). The second-order valence-corrected chi connectivity index (χ2v) is 7.15. The summed E-state index contributed by atoms with van der Waals surface area (Å²) in [6.45, 7) is 0. The van der Waals surface area contributed by atoms with Crippen LogP contribution in [0.25, 0.3) is 0 Å². The summed E-state index contributed by atoms with van der Waals surface area (Å²) in [5.41, 5.74) is 2.66. The van der Waals surface area contributed by atoms with E-state index in [4.69, 9.17) is 16.3 Å². The van der Waals surface area contributed by atoms with Gasteiger partial charge < -0.3 is 14.6 Å².